The Balaban J connectivity index is 1.66. The van der Waals surface area contributed by atoms with Crippen LogP contribution < -0.4 is 4.72 Å². The van der Waals surface area contributed by atoms with E-state index in [1.165, 1.54) is 24.4 Å². The zero-order chi connectivity index (χ0) is 24.5. The quantitative estimate of drug-likeness (QED) is 0.404. The van der Waals surface area contributed by atoms with E-state index >= 15 is 0 Å². The second-order valence-electron chi connectivity index (χ2n) is 7.14. The molecular formula is C22H17F3N4O3S2. The van der Waals surface area contributed by atoms with Crippen LogP contribution in [0.2, 0.25) is 0 Å². The molecule has 0 saturated carbocycles. The average molecular weight is 507 g/mol. The van der Waals surface area contributed by atoms with E-state index in [1.54, 1.807) is 23.6 Å². The van der Waals surface area contributed by atoms with Gasteiger partial charge in [0.15, 0.2) is 5.65 Å². The molecule has 0 radical (unpaired) electrons. The number of aromatic nitrogens is 3. The molecule has 7 nitrogen and oxygen atoms in total. The van der Waals surface area contributed by atoms with Crippen molar-refractivity contribution in [3.63, 3.8) is 0 Å². The zero-order valence-electron chi connectivity index (χ0n) is 17.6. The third-order valence-corrected chi connectivity index (χ3v) is 7.68. The first kappa shape index (κ1) is 23.9. The second kappa shape index (κ2) is 9.19. The lowest BCUT2D eigenvalue weighted by molar-refractivity contribution is -0.137. The number of hydrogen-bond acceptors (Lipinski definition) is 6. The van der Waals surface area contributed by atoms with Crippen molar-refractivity contribution in [2.24, 2.45) is 0 Å². The molecule has 4 aromatic rings. The number of fused-ring (bicyclic) bond motifs is 1. The van der Waals surface area contributed by atoms with Crippen LogP contribution in [0.4, 0.5) is 13.2 Å². The Hall–Kier alpha value is -3.24. The fraction of sp³-hybridized carbons (Fsp3) is 0.182. The SMILES string of the molecule is Cc1cc(-c2ccc(C(F)(F)F)cc2)nc2c(C#Cc3ccc(S(=O)(=O)NCCO)s3)cnn12. The van der Waals surface area contributed by atoms with E-state index in [2.05, 4.69) is 26.6 Å². The van der Waals surface area contributed by atoms with Gasteiger partial charge in [0.2, 0.25) is 10.0 Å². The van der Waals surface area contributed by atoms with Gasteiger partial charge in [-0.25, -0.2) is 22.6 Å². The number of hydrogen-bond donors (Lipinski definition) is 2. The molecule has 34 heavy (non-hydrogen) atoms. The monoisotopic (exact) mass is 506 g/mol. The van der Waals surface area contributed by atoms with Gasteiger partial charge in [0.05, 0.1) is 34.5 Å². The van der Waals surface area contributed by atoms with Gasteiger partial charge in [0, 0.05) is 17.8 Å². The molecule has 0 spiro atoms. The molecule has 0 aliphatic rings. The summed E-state index contributed by atoms with van der Waals surface area (Å²) in [6.07, 6.45) is -2.90. The van der Waals surface area contributed by atoms with E-state index in [1.807, 2.05) is 0 Å². The van der Waals surface area contributed by atoms with Gasteiger partial charge in [-0.15, -0.1) is 11.3 Å². The Morgan fingerprint density at radius 1 is 1.15 bits per heavy atom. The molecule has 3 heterocycles. The van der Waals surface area contributed by atoms with Crippen molar-refractivity contribution in [1.82, 2.24) is 19.3 Å². The number of nitrogens with zero attached hydrogens (tertiary/aromatic N) is 3. The minimum atomic E-state index is -4.42. The average Bonchev–Trinajstić information content (AvgIpc) is 3.44. The second-order valence-corrected chi connectivity index (χ2v) is 10.2. The van der Waals surface area contributed by atoms with Crippen LogP contribution in [0.15, 0.2) is 52.9 Å². The Labute approximate surface area is 197 Å². The van der Waals surface area contributed by atoms with E-state index in [0.29, 0.717) is 33.0 Å². The standard InChI is InChI=1S/C22H17F3N4O3S2/c1-14-12-19(15-2-5-17(6-3-15)22(23,24)25)28-21-16(13-26-29(14)21)4-7-18-8-9-20(33-18)34(31,32)27-10-11-30/h2-3,5-6,8-9,12-13,27,30H,10-11H2,1H3. The predicted molar refractivity (Wildman–Crippen MR) is 121 cm³/mol. The molecule has 0 bridgehead atoms. The molecule has 0 saturated heterocycles. The van der Waals surface area contributed by atoms with Gasteiger partial charge in [0.25, 0.3) is 0 Å². The summed E-state index contributed by atoms with van der Waals surface area (Å²) in [5.41, 5.74) is 1.87. The summed E-state index contributed by atoms with van der Waals surface area (Å²) in [6.45, 7) is 1.39. The minimum Gasteiger partial charge on any atom is -0.395 e. The summed E-state index contributed by atoms with van der Waals surface area (Å²) < 4.78 is 66.8. The summed E-state index contributed by atoms with van der Waals surface area (Å²) in [6, 6.07) is 9.45. The smallest absolute Gasteiger partial charge is 0.395 e. The molecule has 2 N–H and O–H groups in total. The van der Waals surface area contributed by atoms with Crippen LogP contribution in [0.5, 0.6) is 0 Å². The number of alkyl halides is 3. The number of halogens is 3. The highest BCUT2D eigenvalue weighted by Crippen LogP contribution is 2.31. The maximum atomic E-state index is 12.9. The third kappa shape index (κ3) is 4.97. The molecule has 0 amide bonds. The van der Waals surface area contributed by atoms with Crippen LogP contribution in [0.3, 0.4) is 0 Å². The molecule has 0 aliphatic heterocycles. The van der Waals surface area contributed by atoms with Crippen molar-refractivity contribution in [1.29, 1.82) is 0 Å². The van der Waals surface area contributed by atoms with Crippen molar-refractivity contribution < 1.29 is 26.7 Å². The Bertz CT molecular complexity index is 1510. The number of thiophene rings is 1. The predicted octanol–water partition coefficient (Wildman–Crippen LogP) is 3.46. The van der Waals surface area contributed by atoms with Gasteiger partial charge in [-0.1, -0.05) is 24.0 Å². The third-order valence-electron chi connectivity index (χ3n) is 4.73. The summed E-state index contributed by atoms with van der Waals surface area (Å²) >= 11 is 0.979. The van der Waals surface area contributed by atoms with Crippen molar-refractivity contribution >= 4 is 27.0 Å². The number of aliphatic hydroxyl groups excluding tert-OH is 1. The number of rotatable bonds is 5. The van der Waals surface area contributed by atoms with Gasteiger partial charge < -0.3 is 5.11 Å². The number of aliphatic hydroxyl groups is 1. The van der Waals surface area contributed by atoms with Gasteiger partial charge in [-0.05, 0) is 37.3 Å². The highest BCUT2D eigenvalue weighted by Gasteiger charge is 2.30. The van der Waals surface area contributed by atoms with Crippen LogP contribution in [0.25, 0.3) is 16.9 Å². The van der Waals surface area contributed by atoms with Crippen LogP contribution in [-0.4, -0.2) is 41.3 Å². The lowest BCUT2D eigenvalue weighted by Gasteiger charge is -2.08. The molecule has 176 valence electrons. The summed E-state index contributed by atoms with van der Waals surface area (Å²) in [4.78, 5) is 5.04. The molecule has 0 unspecified atom stereocenters. The highest BCUT2D eigenvalue weighted by atomic mass is 32.2. The molecule has 4 rings (SSSR count). The van der Waals surface area contributed by atoms with Crippen LogP contribution in [0, 0.1) is 18.8 Å². The van der Waals surface area contributed by atoms with E-state index in [0.717, 1.165) is 23.5 Å². The van der Waals surface area contributed by atoms with Crippen molar-refractivity contribution in [2.75, 3.05) is 13.2 Å². The first-order valence-electron chi connectivity index (χ1n) is 9.84. The Morgan fingerprint density at radius 3 is 2.56 bits per heavy atom. The van der Waals surface area contributed by atoms with Gasteiger partial charge >= 0.3 is 6.18 Å². The fourth-order valence-corrected chi connectivity index (χ4v) is 5.32. The lowest BCUT2D eigenvalue weighted by atomic mass is 10.1. The van der Waals surface area contributed by atoms with E-state index < -0.39 is 21.8 Å². The van der Waals surface area contributed by atoms with E-state index in [-0.39, 0.29) is 17.4 Å². The molecule has 0 aliphatic carbocycles. The zero-order valence-corrected chi connectivity index (χ0v) is 19.2. The van der Waals surface area contributed by atoms with Crippen LogP contribution in [0.1, 0.15) is 21.7 Å². The molecule has 12 heteroatoms. The largest absolute Gasteiger partial charge is 0.416 e. The minimum absolute atomic E-state index is 0.0728. The molecule has 3 aromatic heterocycles. The fourth-order valence-electron chi connectivity index (χ4n) is 3.09. The van der Waals surface area contributed by atoms with Crippen molar-refractivity contribution in [2.45, 2.75) is 17.3 Å². The molecular weight excluding hydrogens is 489 g/mol. The first-order valence-corrected chi connectivity index (χ1v) is 12.1. The lowest BCUT2D eigenvalue weighted by Crippen LogP contribution is -2.25. The number of sulfonamides is 1. The Morgan fingerprint density at radius 2 is 1.88 bits per heavy atom. The number of nitrogens with one attached hydrogen (secondary N) is 1. The maximum Gasteiger partial charge on any atom is 0.416 e. The van der Waals surface area contributed by atoms with Crippen LogP contribution in [-0.2, 0) is 16.2 Å². The maximum absolute atomic E-state index is 12.9. The van der Waals surface area contributed by atoms with Crippen molar-refractivity contribution in [3.05, 3.63) is 70.4 Å². The summed E-state index contributed by atoms with van der Waals surface area (Å²) in [7, 11) is -3.72. The van der Waals surface area contributed by atoms with E-state index in [4.69, 9.17) is 5.11 Å². The van der Waals surface area contributed by atoms with Gasteiger partial charge in [-0.2, -0.15) is 18.3 Å². The highest BCUT2D eigenvalue weighted by molar-refractivity contribution is 7.91. The van der Waals surface area contributed by atoms with Crippen molar-refractivity contribution in [3.8, 4) is 23.1 Å². The first-order chi connectivity index (χ1) is 16.1. The Kier molecular flexibility index (Phi) is 6.46. The van der Waals surface area contributed by atoms with Gasteiger partial charge in [-0.3, -0.25) is 0 Å². The van der Waals surface area contributed by atoms with Gasteiger partial charge in [0.1, 0.15) is 4.21 Å². The summed E-state index contributed by atoms with van der Waals surface area (Å²) in [5.74, 6) is 5.84. The number of aryl methyl sites for hydroxylation is 1. The molecule has 0 atom stereocenters. The van der Waals surface area contributed by atoms with Crippen LogP contribution >= 0.6 is 11.3 Å². The summed E-state index contributed by atoms with van der Waals surface area (Å²) in [5, 5.41) is 13.1. The number of benzene rings is 1. The normalized spacial score (nSPS) is 12.0. The molecule has 0 fully saturated rings. The topological polar surface area (TPSA) is 96.6 Å². The molecule has 1 aromatic carbocycles. The van der Waals surface area contributed by atoms with E-state index in [9.17, 15) is 21.6 Å².